The average Bonchev–Trinajstić information content (AvgIpc) is 3.10. The minimum absolute atomic E-state index is 0.0623. The first-order chi connectivity index (χ1) is 13.2. The first-order valence-electron chi connectivity index (χ1n) is 8.62. The molecule has 0 atom stereocenters. The monoisotopic (exact) mass is 374 g/mol. The van der Waals surface area contributed by atoms with Crippen LogP contribution in [0.2, 0.25) is 0 Å². The maximum Gasteiger partial charge on any atom is 0.254 e. The number of fused-ring (bicyclic) bond motifs is 1. The summed E-state index contributed by atoms with van der Waals surface area (Å²) in [5.74, 6) is 1.32. The maximum atomic E-state index is 12.8. The molecule has 5 heteroatoms. The van der Waals surface area contributed by atoms with E-state index in [1.165, 1.54) is 0 Å². The van der Waals surface area contributed by atoms with Gasteiger partial charge in [0.25, 0.3) is 5.91 Å². The number of thiazole rings is 1. The number of carbonyl (C=O) groups excluding carboxylic acids is 1. The summed E-state index contributed by atoms with van der Waals surface area (Å²) in [6.45, 7) is 0.474. The number of carbonyl (C=O) groups is 1. The molecule has 0 aliphatic heterocycles. The van der Waals surface area contributed by atoms with Crippen molar-refractivity contribution in [2.24, 2.45) is 0 Å². The third-order valence-electron chi connectivity index (χ3n) is 4.12. The van der Waals surface area contributed by atoms with E-state index in [9.17, 15) is 4.79 Å². The Kier molecular flexibility index (Phi) is 4.85. The highest BCUT2D eigenvalue weighted by atomic mass is 32.1. The van der Waals surface area contributed by atoms with Crippen molar-refractivity contribution in [3.05, 3.63) is 89.4 Å². The molecule has 4 aromatic rings. The van der Waals surface area contributed by atoms with Crippen LogP contribution in [0.15, 0.2) is 78.9 Å². The van der Waals surface area contributed by atoms with Crippen molar-refractivity contribution in [3.63, 3.8) is 0 Å². The molecule has 4 nitrogen and oxygen atoms in total. The van der Waals surface area contributed by atoms with E-state index in [2.05, 4.69) is 4.98 Å². The fourth-order valence-electron chi connectivity index (χ4n) is 2.80. The zero-order valence-corrected chi connectivity index (χ0v) is 15.6. The van der Waals surface area contributed by atoms with Gasteiger partial charge in [0.2, 0.25) is 0 Å². The first kappa shape index (κ1) is 17.2. The summed E-state index contributed by atoms with van der Waals surface area (Å²) in [4.78, 5) is 19.1. The van der Waals surface area contributed by atoms with Crippen LogP contribution in [0.5, 0.6) is 11.5 Å². The Hall–Kier alpha value is -3.18. The molecule has 0 N–H and O–H groups in total. The van der Waals surface area contributed by atoms with Crippen molar-refractivity contribution in [3.8, 4) is 11.5 Å². The zero-order chi connectivity index (χ0) is 18.6. The van der Waals surface area contributed by atoms with Gasteiger partial charge >= 0.3 is 0 Å². The summed E-state index contributed by atoms with van der Waals surface area (Å²) in [6, 6.07) is 24.8. The Morgan fingerprint density at radius 2 is 1.70 bits per heavy atom. The van der Waals surface area contributed by atoms with Crippen LogP contribution in [-0.4, -0.2) is 22.8 Å². The highest BCUT2D eigenvalue weighted by Gasteiger charge is 2.15. The smallest absolute Gasteiger partial charge is 0.254 e. The topological polar surface area (TPSA) is 42.4 Å². The quantitative estimate of drug-likeness (QED) is 0.472. The van der Waals surface area contributed by atoms with Gasteiger partial charge in [-0.05, 0) is 42.5 Å². The number of ether oxygens (including phenoxy) is 1. The van der Waals surface area contributed by atoms with Gasteiger partial charge < -0.3 is 9.64 Å². The molecule has 3 aromatic carbocycles. The molecule has 0 unspecified atom stereocenters. The molecule has 0 saturated heterocycles. The third-order valence-corrected chi connectivity index (χ3v) is 5.14. The summed E-state index contributed by atoms with van der Waals surface area (Å²) >= 11 is 1.61. The minimum atomic E-state index is -0.0623. The predicted octanol–water partition coefficient (Wildman–Crippen LogP) is 5.36. The van der Waals surface area contributed by atoms with E-state index in [0.717, 1.165) is 21.0 Å². The molecule has 134 valence electrons. The second-order valence-electron chi connectivity index (χ2n) is 6.18. The van der Waals surface area contributed by atoms with Crippen molar-refractivity contribution in [2.45, 2.75) is 6.54 Å². The summed E-state index contributed by atoms with van der Waals surface area (Å²) in [5, 5.41) is 0.920. The van der Waals surface area contributed by atoms with Crippen LogP contribution in [0, 0.1) is 0 Å². The molecule has 4 rings (SSSR count). The normalized spacial score (nSPS) is 10.7. The Bertz CT molecular complexity index is 1040. The molecular formula is C22H18N2O2S. The van der Waals surface area contributed by atoms with Crippen LogP contribution in [-0.2, 0) is 6.54 Å². The van der Waals surface area contributed by atoms with Crippen LogP contribution in [0.1, 0.15) is 15.4 Å². The molecule has 0 radical (unpaired) electrons. The van der Waals surface area contributed by atoms with Crippen LogP contribution >= 0.6 is 11.3 Å². The highest BCUT2D eigenvalue weighted by molar-refractivity contribution is 7.18. The summed E-state index contributed by atoms with van der Waals surface area (Å²) in [7, 11) is 1.79. The van der Waals surface area contributed by atoms with Gasteiger partial charge in [0.05, 0.1) is 16.8 Å². The first-order valence-corrected chi connectivity index (χ1v) is 9.43. The highest BCUT2D eigenvalue weighted by Crippen LogP contribution is 2.24. The number of amides is 1. The second kappa shape index (κ2) is 7.60. The molecule has 1 amide bonds. The predicted molar refractivity (Wildman–Crippen MR) is 108 cm³/mol. The van der Waals surface area contributed by atoms with E-state index in [-0.39, 0.29) is 5.91 Å². The average molecular weight is 374 g/mol. The zero-order valence-electron chi connectivity index (χ0n) is 14.8. The van der Waals surface area contributed by atoms with Crippen LogP contribution in [0.4, 0.5) is 0 Å². The van der Waals surface area contributed by atoms with Gasteiger partial charge in [0.15, 0.2) is 0 Å². The number of hydrogen-bond acceptors (Lipinski definition) is 4. The Morgan fingerprint density at radius 3 is 2.52 bits per heavy atom. The standard InChI is InChI=1S/C22H18N2O2S/c1-24(15-21-23-19-12-5-6-13-20(19)27-21)22(25)16-8-7-11-18(14-16)26-17-9-3-2-4-10-17/h2-14H,15H2,1H3. The van der Waals surface area contributed by atoms with Crippen LogP contribution in [0.3, 0.4) is 0 Å². The van der Waals surface area contributed by atoms with Crippen LogP contribution in [0.25, 0.3) is 10.2 Å². The molecule has 0 aliphatic carbocycles. The van der Waals surface area contributed by atoms with E-state index in [1.807, 2.05) is 66.7 Å². The van der Waals surface area contributed by atoms with Crippen molar-refractivity contribution in [1.29, 1.82) is 0 Å². The van der Waals surface area contributed by atoms with Gasteiger partial charge in [-0.25, -0.2) is 4.98 Å². The Labute approximate surface area is 161 Å². The fraction of sp³-hybridized carbons (Fsp3) is 0.0909. The molecule has 1 heterocycles. The van der Waals surface area contributed by atoms with Gasteiger partial charge in [0, 0.05) is 12.6 Å². The number of rotatable bonds is 5. The van der Waals surface area contributed by atoms with Crippen LogP contribution < -0.4 is 4.74 Å². The largest absolute Gasteiger partial charge is 0.457 e. The summed E-state index contributed by atoms with van der Waals surface area (Å²) in [5.41, 5.74) is 1.56. The van der Waals surface area contributed by atoms with Gasteiger partial charge in [0.1, 0.15) is 16.5 Å². The molecule has 0 aliphatic rings. The Morgan fingerprint density at radius 1 is 0.963 bits per heavy atom. The van der Waals surface area contributed by atoms with Gasteiger partial charge in [-0.3, -0.25) is 4.79 Å². The number of aromatic nitrogens is 1. The SMILES string of the molecule is CN(Cc1nc2ccccc2s1)C(=O)c1cccc(Oc2ccccc2)c1. The lowest BCUT2D eigenvalue weighted by atomic mass is 10.2. The van der Waals surface area contributed by atoms with E-state index in [0.29, 0.717) is 17.9 Å². The molecule has 0 saturated carbocycles. The Balaban J connectivity index is 1.49. The van der Waals surface area contributed by atoms with E-state index < -0.39 is 0 Å². The summed E-state index contributed by atoms with van der Waals surface area (Å²) in [6.07, 6.45) is 0. The van der Waals surface area contributed by atoms with Crippen molar-refractivity contribution in [2.75, 3.05) is 7.05 Å². The molecule has 0 fully saturated rings. The minimum Gasteiger partial charge on any atom is -0.457 e. The third kappa shape index (κ3) is 3.99. The van der Waals surface area contributed by atoms with Gasteiger partial charge in [-0.2, -0.15) is 0 Å². The molecular weight excluding hydrogens is 356 g/mol. The lowest BCUT2D eigenvalue weighted by Gasteiger charge is -2.16. The van der Waals surface area contributed by atoms with E-state index in [1.54, 1.807) is 35.4 Å². The summed E-state index contributed by atoms with van der Waals surface area (Å²) < 4.78 is 6.96. The molecule has 0 spiro atoms. The number of hydrogen-bond donors (Lipinski definition) is 0. The lowest BCUT2D eigenvalue weighted by Crippen LogP contribution is -2.26. The van der Waals surface area contributed by atoms with E-state index >= 15 is 0 Å². The number of benzene rings is 3. The molecule has 1 aromatic heterocycles. The lowest BCUT2D eigenvalue weighted by molar-refractivity contribution is 0.0784. The van der Waals surface area contributed by atoms with Crippen molar-refractivity contribution >= 4 is 27.5 Å². The molecule has 0 bridgehead atoms. The maximum absolute atomic E-state index is 12.8. The van der Waals surface area contributed by atoms with Crippen molar-refractivity contribution in [1.82, 2.24) is 9.88 Å². The fourth-order valence-corrected chi connectivity index (χ4v) is 3.82. The van der Waals surface area contributed by atoms with Gasteiger partial charge in [-0.15, -0.1) is 11.3 Å². The van der Waals surface area contributed by atoms with Crippen molar-refractivity contribution < 1.29 is 9.53 Å². The molecule has 27 heavy (non-hydrogen) atoms. The second-order valence-corrected chi connectivity index (χ2v) is 7.29. The number of nitrogens with zero attached hydrogens (tertiary/aromatic N) is 2. The number of para-hydroxylation sites is 2. The van der Waals surface area contributed by atoms with Gasteiger partial charge in [-0.1, -0.05) is 36.4 Å². The van der Waals surface area contributed by atoms with E-state index in [4.69, 9.17) is 4.74 Å².